The fourth-order valence-electron chi connectivity index (χ4n) is 3.28. The lowest BCUT2D eigenvalue weighted by Crippen LogP contribution is -2.44. The average molecular weight is 196 g/mol. The fraction of sp³-hybridized carbons (Fsp3) is 0.923. The SMILES string of the molecule is CC(=O)C(C)(C)C1(C(C)C)CCCC1. The number of ketones is 1. The molecule has 0 aromatic heterocycles. The summed E-state index contributed by atoms with van der Waals surface area (Å²) >= 11 is 0. The predicted octanol–water partition coefficient (Wildman–Crippen LogP) is 3.82. The summed E-state index contributed by atoms with van der Waals surface area (Å²) in [5, 5.41) is 0. The Bertz CT molecular complexity index is 219. The molecule has 0 unspecified atom stereocenters. The Kier molecular flexibility index (Phi) is 3.08. The molecule has 0 heterocycles. The van der Waals surface area contributed by atoms with Crippen LogP contribution < -0.4 is 0 Å². The normalized spacial score (nSPS) is 21.6. The van der Waals surface area contributed by atoms with E-state index in [2.05, 4.69) is 27.7 Å². The smallest absolute Gasteiger partial charge is 0.135 e. The largest absolute Gasteiger partial charge is 0.299 e. The Morgan fingerprint density at radius 1 is 1.21 bits per heavy atom. The summed E-state index contributed by atoms with van der Waals surface area (Å²) in [6.07, 6.45) is 5.07. The molecular formula is C13H24O. The number of hydrogen-bond acceptors (Lipinski definition) is 1. The van der Waals surface area contributed by atoms with Crippen LogP contribution in [0.5, 0.6) is 0 Å². The molecule has 0 N–H and O–H groups in total. The van der Waals surface area contributed by atoms with E-state index in [0.29, 0.717) is 11.7 Å². The highest BCUT2D eigenvalue weighted by molar-refractivity contribution is 5.82. The lowest BCUT2D eigenvalue weighted by atomic mass is 9.57. The minimum absolute atomic E-state index is 0.141. The lowest BCUT2D eigenvalue weighted by molar-refractivity contribution is -0.134. The average Bonchev–Trinajstić information content (AvgIpc) is 2.52. The third-order valence-electron chi connectivity index (χ3n) is 4.73. The van der Waals surface area contributed by atoms with Crippen LogP contribution in [0.25, 0.3) is 0 Å². The van der Waals surface area contributed by atoms with Crippen molar-refractivity contribution in [2.24, 2.45) is 16.7 Å². The Hall–Kier alpha value is -0.330. The zero-order valence-corrected chi connectivity index (χ0v) is 10.3. The maximum absolute atomic E-state index is 11.8. The molecule has 0 bridgehead atoms. The van der Waals surface area contributed by atoms with E-state index in [-0.39, 0.29) is 10.8 Å². The molecule has 82 valence electrons. The van der Waals surface area contributed by atoms with Gasteiger partial charge in [-0.05, 0) is 31.1 Å². The Labute approximate surface area is 88.3 Å². The molecule has 0 aliphatic heterocycles. The van der Waals surface area contributed by atoms with Gasteiger partial charge in [-0.3, -0.25) is 4.79 Å². The second-order valence-corrected chi connectivity index (χ2v) is 5.70. The maximum atomic E-state index is 11.8. The molecule has 1 heteroatoms. The molecule has 0 aromatic rings. The summed E-state index contributed by atoms with van der Waals surface area (Å²) in [5.41, 5.74) is 0.122. The molecule has 1 rings (SSSR count). The van der Waals surface area contributed by atoms with Gasteiger partial charge in [-0.1, -0.05) is 40.5 Å². The van der Waals surface area contributed by atoms with Crippen molar-refractivity contribution in [3.8, 4) is 0 Å². The summed E-state index contributed by atoms with van der Waals surface area (Å²) in [5.74, 6) is 0.969. The minimum atomic E-state index is -0.141. The second-order valence-electron chi connectivity index (χ2n) is 5.70. The molecular weight excluding hydrogens is 172 g/mol. The molecule has 1 aliphatic carbocycles. The van der Waals surface area contributed by atoms with Crippen molar-refractivity contribution in [2.45, 2.75) is 60.3 Å². The molecule has 0 saturated heterocycles. The maximum Gasteiger partial charge on any atom is 0.135 e. The van der Waals surface area contributed by atoms with Crippen LogP contribution in [0, 0.1) is 16.7 Å². The van der Waals surface area contributed by atoms with Gasteiger partial charge in [-0.25, -0.2) is 0 Å². The Morgan fingerprint density at radius 2 is 1.64 bits per heavy atom. The first-order chi connectivity index (χ1) is 6.34. The van der Waals surface area contributed by atoms with Gasteiger partial charge in [-0.15, -0.1) is 0 Å². The predicted molar refractivity (Wildman–Crippen MR) is 60.2 cm³/mol. The second kappa shape index (κ2) is 3.67. The Balaban J connectivity index is 3.04. The van der Waals surface area contributed by atoms with E-state index in [1.54, 1.807) is 6.92 Å². The van der Waals surface area contributed by atoms with E-state index in [4.69, 9.17) is 0 Å². The molecule has 1 nitrogen and oxygen atoms in total. The van der Waals surface area contributed by atoms with Crippen LogP contribution in [-0.2, 0) is 4.79 Å². The van der Waals surface area contributed by atoms with E-state index in [9.17, 15) is 4.79 Å². The summed E-state index contributed by atoms with van der Waals surface area (Å²) in [6.45, 7) is 10.6. The van der Waals surface area contributed by atoms with E-state index >= 15 is 0 Å². The topological polar surface area (TPSA) is 17.1 Å². The van der Waals surface area contributed by atoms with Crippen molar-refractivity contribution in [3.63, 3.8) is 0 Å². The lowest BCUT2D eigenvalue weighted by Gasteiger charge is -2.46. The van der Waals surface area contributed by atoms with E-state index in [1.165, 1.54) is 25.7 Å². The molecule has 1 saturated carbocycles. The minimum Gasteiger partial charge on any atom is -0.299 e. The molecule has 0 atom stereocenters. The van der Waals surface area contributed by atoms with Gasteiger partial charge in [0.15, 0.2) is 0 Å². The van der Waals surface area contributed by atoms with Crippen LogP contribution in [-0.4, -0.2) is 5.78 Å². The molecule has 0 amide bonds. The van der Waals surface area contributed by atoms with Crippen molar-refractivity contribution in [1.29, 1.82) is 0 Å². The number of rotatable bonds is 3. The quantitative estimate of drug-likeness (QED) is 0.670. The number of carbonyl (C=O) groups is 1. The van der Waals surface area contributed by atoms with Gasteiger partial charge in [0.1, 0.15) is 5.78 Å². The van der Waals surface area contributed by atoms with Crippen molar-refractivity contribution in [1.82, 2.24) is 0 Å². The zero-order valence-electron chi connectivity index (χ0n) is 10.3. The zero-order chi connectivity index (χ0) is 11.0. The summed E-state index contributed by atoms with van der Waals surface area (Å²) in [4.78, 5) is 11.8. The van der Waals surface area contributed by atoms with E-state index in [1.807, 2.05) is 0 Å². The van der Waals surface area contributed by atoms with Crippen molar-refractivity contribution < 1.29 is 4.79 Å². The molecule has 0 aromatic carbocycles. The van der Waals surface area contributed by atoms with Gasteiger partial charge in [0, 0.05) is 5.41 Å². The fourth-order valence-corrected chi connectivity index (χ4v) is 3.28. The van der Waals surface area contributed by atoms with Gasteiger partial charge in [0.05, 0.1) is 0 Å². The molecule has 1 aliphatic rings. The highest BCUT2D eigenvalue weighted by Crippen LogP contribution is 2.56. The number of carbonyl (C=O) groups excluding carboxylic acids is 1. The number of Topliss-reactive ketones (excluding diaryl/α,β-unsaturated/α-hetero) is 1. The molecule has 1 fully saturated rings. The summed E-state index contributed by atoms with van der Waals surface area (Å²) in [6, 6.07) is 0. The number of hydrogen-bond donors (Lipinski definition) is 0. The van der Waals surface area contributed by atoms with Gasteiger partial charge in [0.25, 0.3) is 0 Å². The van der Waals surface area contributed by atoms with Crippen molar-refractivity contribution in [3.05, 3.63) is 0 Å². The molecule has 0 spiro atoms. The van der Waals surface area contributed by atoms with Crippen LogP contribution >= 0.6 is 0 Å². The van der Waals surface area contributed by atoms with Gasteiger partial charge in [-0.2, -0.15) is 0 Å². The van der Waals surface area contributed by atoms with Crippen LogP contribution in [0.15, 0.2) is 0 Å². The third-order valence-corrected chi connectivity index (χ3v) is 4.73. The van der Waals surface area contributed by atoms with Gasteiger partial charge >= 0.3 is 0 Å². The Morgan fingerprint density at radius 3 is 1.93 bits per heavy atom. The first-order valence-electron chi connectivity index (χ1n) is 5.85. The highest BCUT2D eigenvalue weighted by atomic mass is 16.1. The van der Waals surface area contributed by atoms with Crippen molar-refractivity contribution in [2.75, 3.05) is 0 Å². The summed E-state index contributed by atoms with van der Waals surface area (Å²) < 4.78 is 0. The molecule has 14 heavy (non-hydrogen) atoms. The highest BCUT2D eigenvalue weighted by Gasteiger charge is 2.50. The summed E-state index contributed by atoms with van der Waals surface area (Å²) in [7, 11) is 0. The monoisotopic (exact) mass is 196 g/mol. The standard InChI is InChI=1S/C13H24O/c1-10(2)13(8-6-7-9-13)12(4,5)11(3)14/h10H,6-9H2,1-5H3. The van der Waals surface area contributed by atoms with Crippen LogP contribution in [0.4, 0.5) is 0 Å². The van der Waals surface area contributed by atoms with Crippen LogP contribution in [0.3, 0.4) is 0 Å². The van der Waals surface area contributed by atoms with E-state index < -0.39 is 0 Å². The van der Waals surface area contributed by atoms with Crippen LogP contribution in [0.1, 0.15) is 60.3 Å². The van der Waals surface area contributed by atoms with Gasteiger partial charge < -0.3 is 0 Å². The first-order valence-corrected chi connectivity index (χ1v) is 5.85. The van der Waals surface area contributed by atoms with Crippen LogP contribution in [0.2, 0.25) is 0 Å². The van der Waals surface area contributed by atoms with Gasteiger partial charge in [0.2, 0.25) is 0 Å². The molecule has 0 radical (unpaired) electrons. The first kappa shape index (κ1) is 11.7. The van der Waals surface area contributed by atoms with Crippen molar-refractivity contribution >= 4 is 5.78 Å². The third kappa shape index (κ3) is 1.51. The van der Waals surface area contributed by atoms with E-state index in [0.717, 1.165) is 0 Å².